The Morgan fingerprint density at radius 3 is 2.06 bits per heavy atom. The van der Waals surface area contributed by atoms with Crippen molar-refractivity contribution in [3.05, 3.63) is 52.6 Å². The highest BCUT2D eigenvalue weighted by molar-refractivity contribution is 6.01. The van der Waals surface area contributed by atoms with Crippen molar-refractivity contribution in [2.24, 2.45) is 5.92 Å². The number of carboxylic acid groups (broad SMARTS) is 1. The maximum atomic E-state index is 13.3. The number of ether oxygens (including phenoxy) is 1. The van der Waals surface area contributed by atoms with Crippen LogP contribution in [0.1, 0.15) is 42.5 Å². The van der Waals surface area contributed by atoms with E-state index in [0.29, 0.717) is 22.6 Å². The second kappa shape index (κ2) is 10.4. The molecule has 0 spiro atoms. The van der Waals surface area contributed by atoms with E-state index in [2.05, 4.69) is 10.6 Å². The van der Waals surface area contributed by atoms with Gasteiger partial charge in [0.25, 0.3) is 0 Å². The van der Waals surface area contributed by atoms with Gasteiger partial charge in [0.1, 0.15) is 18.8 Å². The largest absolute Gasteiger partial charge is 0.488 e. The van der Waals surface area contributed by atoms with Gasteiger partial charge in [-0.15, -0.1) is 0 Å². The molecule has 0 fully saturated rings. The molecule has 2 aromatic rings. The van der Waals surface area contributed by atoms with E-state index in [1.807, 2.05) is 0 Å². The van der Waals surface area contributed by atoms with Crippen LogP contribution in [0.15, 0.2) is 30.3 Å². The van der Waals surface area contributed by atoms with E-state index in [0.717, 1.165) is 12.1 Å². The van der Waals surface area contributed by atoms with Gasteiger partial charge in [-0.1, -0.05) is 13.8 Å². The smallest absolute Gasteiger partial charge is 0.416 e. The number of carbonyl (C=O) groups excluding carboxylic acids is 2. The minimum Gasteiger partial charge on any atom is -0.488 e. The molecule has 178 valence electrons. The van der Waals surface area contributed by atoms with Crippen molar-refractivity contribution in [1.82, 2.24) is 0 Å². The molecular formula is C23H25F3N2O5. The molecule has 0 aliphatic heterocycles. The third-order valence-corrected chi connectivity index (χ3v) is 4.55. The molecule has 0 aromatic heterocycles. The SMILES string of the molecule is Cc1cc(NC(=O)CC(=O)O)cc(C)c1OCc1cc(NC(=O)C(C)C)cc(C(F)(F)F)c1. The summed E-state index contributed by atoms with van der Waals surface area (Å²) in [5, 5.41) is 13.6. The number of carbonyl (C=O) groups is 3. The van der Waals surface area contributed by atoms with E-state index >= 15 is 0 Å². The quantitative estimate of drug-likeness (QED) is 0.480. The lowest BCUT2D eigenvalue weighted by molar-refractivity contribution is -0.140. The van der Waals surface area contributed by atoms with Crippen LogP contribution in [0.25, 0.3) is 0 Å². The molecule has 7 nitrogen and oxygen atoms in total. The van der Waals surface area contributed by atoms with Crippen LogP contribution in [0.3, 0.4) is 0 Å². The van der Waals surface area contributed by atoms with Gasteiger partial charge < -0.3 is 20.5 Å². The number of aliphatic carboxylic acids is 1. The first-order chi connectivity index (χ1) is 15.3. The molecule has 0 aliphatic carbocycles. The number of nitrogens with one attached hydrogen (secondary N) is 2. The van der Waals surface area contributed by atoms with Crippen molar-refractivity contribution in [1.29, 1.82) is 0 Å². The third-order valence-electron chi connectivity index (χ3n) is 4.55. The number of benzene rings is 2. The molecule has 0 heterocycles. The highest BCUT2D eigenvalue weighted by atomic mass is 19.4. The van der Waals surface area contributed by atoms with Gasteiger partial charge in [0, 0.05) is 17.3 Å². The molecule has 0 unspecified atom stereocenters. The topological polar surface area (TPSA) is 105 Å². The summed E-state index contributed by atoms with van der Waals surface area (Å²) in [6.45, 7) is 6.45. The zero-order valence-corrected chi connectivity index (χ0v) is 18.6. The Kier molecular flexibility index (Phi) is 8.08. The summed E-state index contributed by atoms with van der Waals surface area (Å²) in [6.07, 6.45) is -5.28. The van der Waals surface area contributed by atoms with E-state index in [1.54, 1.807) is 39.8 Å². The summed E-state index contributed by atoms with van der Waals surface area (Å²) < 4.78 is 45.8. The lowest BCUT2D eigenvalue weighted by Gasteiger charge is -2.17. The molecule has 2 aromatic carbocycles. The Labute approximate surface area is 188 Å². The summed E-state index contributed by atoms with van der Waals surface area (Å²) in [7, 11) is 0. The predicted molar refractivity (Wildman–Crippen MR) is 116 cm³/mol. The van der Waals surface area contributed by atoms with E-state index in [4.69, 9.17) is 9.84 Å². The Morgan fingerprint density at radius 2 is 1.55 bits per heavy atom. The molecular weight excluding hydrogens is 441 g/mol. The monoisotopic (exact) mass is 466 g/mol. The minimum absolute atomic E-state index is 0.0204. The Bertz CT molecular complexity index is 1040. The van der Waals surface area contributed by atoms with Crippen LogP contribution < -0.4 is 15.4 Å². The van der Waals surface area contributed by atoms with Crippen molar-refractivity contribution in [2.75, 3.05) is 10.6 Å². The average molecular weight is 466 g/mol. The maximum absolute atomic E-state index is 13.3. The van der Waals surface area contributed by atoms with E-state index in [-0.39, 0.29) is 17.9 Å². The summed E-state index contributed by atoms with van der Waals surface area (Å²) in [6, 6.07) is 6.39. The van der Waals surface area contributed by atoms with Gasteiger partial charge in [-0.05, 0) is 60.9 Å². The summed E-state index contributed by atoms with van der Waals surface area (Å²) >= 11 is 0. The van der Waals surface area contributed by atoms with Crippen LogP contribution in [-0.4, -0.2) is 22.9 Å². The number of aryl methyl sites for hydroxylation is 2. The number of alkyl halides is 3. The molecule has 0 atom stereocenters. The Hall–Kier alpha value is -3.56. The van der Waals surface area contributed by atoms with Gasteiger partial charge in [-0.3, -0.25) is 14.4 Å². The maximum Gasteiger partial charge on any atom is 0.416 e. The first-order valence-corrected chi connectivity index (χ1v) is 10.0. The second-order valence-electron chi connectivity index (χ2n) is 7.91. The van der Waals surface area contributed by atoms with Gasteiger partial charge in [-0.2, -0.15) is 13.2 Å². The molecule has 0 bridgehead atoms. The lowest BCUT2D eigenvalue weighted by atomic mass is 10.1. The fourth-order valence-corrected chi connectivity index (χ4v) is 3.05. The molecule has 0 aliphatic rings. The molecule has 33 heavy (non-hydrogen) atoms. The van der Waals surface area contributed by atoms with Crippen LogP contribution in [0.2, 0.25) is 0 Å². The number of hydrogen-bond acceptors (Lipinski definition) is 4. The summed E-state index contributed by atoms with van der Waals surface area (Å²) in [5.41, 5.74) is 0.893. The van der Waals surface area contributed by atoms with Gasteiger partial charge in [0.15, 0.2) is 0 Å². The van der Waals surface area contributed by atoms with Crippen LogP contribution in [0, 0.1) is 19.8 Å². The van der Waals surface area contributed by atoms with E-state index in [1.165, 1.54) is 6.07 Å². The molecule has 0 radical (unpaired) electrons. The predicted octanol–water partition coefficient (Wildman–Crippen LogP) is 4.91. The fourth-order valence-electron chi connectivity index (χ4n) is 3.05. The normalized spacial score (nSPS) is 11.3. The molecule has 2 amide bonds. The van der Waals surface area contributed by atoms with Crippen molar-refractivity contribution >= 4 is 29.2 Å². The van der Waals surface area contributed by atoms with Gasteiger partial charge in [0.2, 0.25) is 11.8 Å². The molecule has 10 heteroatoms. The first-order valence-electron chi connectivity index (χ1n) is 10.0. The number of carboxylic acids is 1. The van der Waals surface area contributed by atoms with Gasteiger partial charge in [0.05, 0.1) is 5.56 Å². The second-order valence-corrected chi connectivity index (χ2v) is 7.91. The number of hydrogen-bond donors (Lipinski definition) is 3. The van der Waals surface area contributed by atoms with Crippen LogP contribution >= 0.6 is 0 Å². The Balaban J connectivity index is 2.24. The standard InChI is InChI=1S/C23H25F3N2O5/c1-12(2)22(32)28-18-8-15(7-16(9-18)23(24,25)26)11-33-21-13(3)5-17(6-14(21)4)27-19(29)10-20(30)31/h5-9,12H,10-11H2,1-4H3,(H,27,29)(H,28,32)(H,30,31). The lowest BCUT2D eigenvalue weighted by Crippen LogP contribution is -2.18. The van der Waals surface area contributed by atoms with E-state index < -0.39 is 41.9 Å². The minimum atomic E-state index is -4.60. The zero-order chi connectivity index (χ0) is 24.9. The van der Waals surface area contributed by atoms with Gasteiger partial charge >= 0.3 is 12.1 Å². The van der Waals surface area contributed by atoms with Crippen LogP contribution in [0.5, 0.6) is 5.75 Å². The van der Waals surface area contributed by atoms with Crippen molar-refractivity contribution in [3.63, 3.8) is 0 Å². The van der Waals surface area contributed by atoms with Gasteiger partial charge in [-0.25, -0.2) is 0 Å². The van der Waals surface area contributed by atoms with Crippen LogP contribution in [0.4, 0.5) is 24.5 Å². The molecule has 3 N–H and O–H groups in total. The molecule has 0 saturated carbocycles. The number of rotatable bonds is 8. The number of amides is 2. The number of halogens is 3. The third kappa shape index (κ3) is 7.51. The van der Waals surface area contributed by atoms with Crippen molar-refractivity contribution in [3.8, 4) is 5.75 Å². The zero-order valence-electron chi connectivity index (χ0n) is 18.6. The number of anilines is 2. The average Bonchev–Trinajstić information content (AvgIpc) is 2.65. The molecule has 2 rings (SSSR count). The highest BCUT2D eigenvalue weighted by Gasteiger charge is 2.31. The first kappa shape index (κ1) is 25.7. The van der Waals surface area contributed by atoms with E-state index in [9.17, 15) is 27.6 Å². The Morgan fingerprint density at radius 1 is 0.970 bits per heavy atom. The van der Waals surface area contributed by atoms with Crippen molar-refractivity contribution < 1.29 is 37.4 Å². The molecule has 0 saturated heterocycles. The fraction of sp³-hybridized carbons (Fsp3) is 0.348. The summed E-state index contributed by atoms with van der Waals surface area (Å²) in [4.78, 5) is 34.2. The van der Waals surface area contributed by atoms with Crippen molar-refractivity contribution in [2.45, 2.75) is 46.9 Å². The van der Waals surface area contributed by atoms with Crippen LogP contribution in [-0.2, 0) is 27.2 Å². The highest BCUT2D eigenvalue weighted by Crippen LogP contribution is 2.33. The summed E-state index contributed by atoms with van der Waals surface area (Å²) in [5.74, 6) is -2.34.